The molecule has 0 radical (unpaired) electrons. The van der Waals surface area contributed by atoms with Crippen molar-refractivity contribution in [2.45, 2.75) is 37.9 Å². The van der Waals surface area contributed by atoms with Gasteiger partial charge < -0.3 is 9.80 Å². The molecule has 1 aromatic carbocycles. The van der Waals surface area contributed by atoms with E-state index in [4.69, 9.17) is 23.2 Å². The Morgan fingerprint density at radius 2 is 2.00 bits per heavy atom. The molecule has 0 aliphatic carbocycles. The number of likely N-dealkylation sites (tertiary alicyclic amines) is 1. The normalized spacial score (nSPS) is 22.8. The van der Waals surface area contributed by atoms with E-state index in [2.05, 4.69) is 11.8 Å². The molecule has 0 bridgehead atoms. The highest BCUT2D eigenvalue weighted by molar-refractivity contribution is 8.14. The van der Waals surface area contributed by atoms with Crippen LogP contribution in [0.4, 0.5) is 4.79 Å². The lowest BCUT2D eigenvalue weighted by molar-refractivity contribution is 0.179. The summed E-state index contributed by atoms with van der Waals surface area (Å²) in [6, 6.07) is 5.74. The molecule has 3 rings (SSSR count). The summed E-state index contributed by atoms with van der Waals surface area (Å²) in [6.07, 6.45) is 4.42. The number of piperidine rings is 1. The van der Waals surface area contributed by atoms with Crippen molar-refractivity contribution in [2.75, 3.05) is 32.7 Å². The zero-order chi connectivity index (χ0) is 17.8. The second-order valence-electron chi connectivity index (χ2n) is 7.14. The number of carbonyl (C=O) groups excluding carboxylic acids is 1. The molecule has 138 valence electrons. The molecule has 0 spiro atoms. The number of thioether (sulfide) groups is 1. The summed E-state index contributed by atoms with van der Waals surface area (Å²) in [7, 11) is 0. The third-order valence-corrected chi connectivity index (χ3v) is 6.82. The van der Waals surface area contributed by atoms with Crippen molar-refractivity contribution in [1.82, 2.24) is 9.80 Å². The number of hydrogen-bond acceptors (Lipinski definition) is 3. The van der Waals surface area contributed by atoms with Crippen LogP contribution in [0.25, 0.3) is 0 Å². The first-order valence-electron chi connectivity index (χ1n) is 9.17. The van der Waals surface area contributed by atoms with Crippen LogP contribution in [0.1, 0.15) is 31.7 Å². The van der Waals surface area contributed by atoms with E-state index in [1.54, 1.807) is 0 Å². The minimum atomic E-state index is 0.261. The van der Waals surface area contributed by atoms with Gasteiger partial charge in [0.2, 0.25) is 0 Å². The molecule has 0 N–H and O–H groups in total. The van der Waals surface area contributed by atoms with Crippen molar-refractivity contribution in [2.24, 2.45) is 5.92 Å². The zero-order valence-electron chi connectivity index (χ0n) is 14.7. The van der Waals surface area contributed by atoms with Gasteiger partial charge in [0, 0.05) is 34.9 Å². The second-order valence-corrected chi connectivity index (χ2v) is 9.23. The van der Waals surface area contributed by atoms with Gasteiger partial charge in [-0.3, -0.25) is 4.79 Å². The van der Waals surface area contributed by atoms with Crippen LogP contribution in [0.15, 0.2) is 18.2 Å². The minimum Gasteiger partial charge on any atom is -0.332 e. The van der Waals surface area contributed by atoms with Crippen LogP contribution in [-0.2, 0) is 6.42 Å². The smallest absolute Gasteiger partial charge is 0.282 e. The first kappa shape index (κ1) is 19.3. The summed E-state index contributed by atoms with van der Waals surface area (Å²) >= 11 is 13.9. The van der Waals surface area contributed by atoms with Gasteiger partial charge in [0.05, 0.1) is 0 Å². The molecule has 1 unspecified atom stereocenters. The summed E-state index contributed by atoms with van der Waals surface area (Å²) in [5.41, 5.74) is 1.17. The number of carbonyl (C=O) groups is 1. The first-order chi connectivity index (χ1) is 12.0. The fourth-order valence-corrected chi connectivity index (χ4v) is 5.32. The van der Waals surface area contributed by atoms with E-state index >= 15 is 0 Å². The molecule has 1 aromatic rings. The number of benzene rings is 1. The van der Waals surface area contributed by atoms with E-state index in [-0.39, 0.29) is 5.24 Å². The van der Waals surface area contributed by atoms with E-state index < -0.39 is 0 Å². The van der Waals surface area contributed by atoms with Crippen molar-refractivity contribution < 1.29 is 4.79 Å². The Hall–Kier alpha value is -0.420. The van der Waals surface area contributed by atoms with Crippen LogP contribution >= 0.6 is 35.0 Å². The summed E-state index contributed by atoms with van der Waals surface area (Å²) < 4.78 is 0. The molecular formula is C19H26Cl2N2OS. The Labute approximate surface area is 165 Å². The molecular weight excluding hydrogens is 375 g/mol. The van der Waals surface area contributed by atoms with Gasteiger partial charge in [-0.15, -0.1) is 0 Å². The van der Waals surface area contributed by atoms with Gasteiger partial charge >= 0.3 is 0 Å². The number of halogens is 2. The standard InChI is InChI=1S/C19H26Cl2N2OS/c1-2-7-23-13-17(25-19(23)24)12-22-8-5-14(6-9-22)10-15-11-16(20)3-4-18(15)21/h3-4,11,14,17H,2,5-10,12-13H2,1H3. The van der Waals surface area contributed by atoms with Crippen LogP contribution in [0.2, 0.25) is 10.0 Å². The van der Waals surface area contributed by atoms with Crippen LogP contribution in [0.3, 0.4) is 0 Å². The zero-order valence-corrected chi connectivity index (χ0v) is 17.0. The van der Waals surface area contributed by atoms with Gasteiger partial charge in [-0.25, -0.2) is 0 Å². The lowest BCUT2D eigenvalue weighted by Crippen LogP contribution is -2.39. The molecule has 3 nitrogen and oxygen atoms in total. The van der Waals surface area contributed by atoms with Crippen molar-refractivity contribution >= 4 is 40.2 Å². The van der Waals surface area contributed by atoms with Gasteiger partial charge in [0.25, 0.3) is 5.24 Å². The fourth-order valence-electron chi connectivity index (χ4n) is 3.79. The first-order valence-corrected chi connectivity index (χ1v) is 10.8. The SMILES string of the molecule is CCCN1CC(CN2CCC(Cc3cc(Cl)ccc3Cl)CC2)SC1=O. The predicted octanol–water partition coefficient (Wildman–Crippen LogP) is 5.20. The molecule has 2 heterocycles. The highest BCUT2D eigenvalue weighted by Gasteiger charge is 2.32. The number of amides is 1. The van der Waals surface area contributed by atoms with E-state index in [0.717, 1.165) is 55.6 Å². The van der Waals surface area contributed by atoms with Crippen LogP contribution < -0.4 is 0 Å². The van der Waals surface area contributed by atoms with E-state index in [1.807, 2.05) is 23.1 Å². The highest BCUT2D eigenvalue weighted by Crippen LogP contribution is 2.30. The fraction of sp³-hybridized carbons (Fsp3) is 0.632. The van der Waals surface area contributed by atoms with Gasteiger partial charge in [0.15, 0.2) is 0 Å². The topological polar surface area (TPSA) is 23.6 Å². The summed E-state index contributed by atoms with van der Waals surface area (Å²) in [5, 5.41) is 2.27. The molecule has 0 aromatic heterocycles. The number of nitrogens with zero attached hydrogens (tertiary/aromatic N) is 2. The summed E-state index contributed by atoms with van der Waals surface area (Å²) in [6.45, 7) is 7.19. The Morgan fingerprint density at radius 3 is 2.72 bits per heavy atom. The molecule has 2 fully saturated rings. The predicted molar refractivity (Wildman–Crippen MR) is 108 cm³/mol. The van der Waals surface area contributed by atoms with Gasteiger partial charge in [0.1, 0.15) is 0 Å². The maximum Gasteiger partial charge on any atom is 0.282 e. The lowest BCUT2D eigenvalue weighted by Gasteiger charge is -2.33. The average Bonchev–Trinajstić information content (AvgIpc) is 2.93. The number of hydrogen-bond donors (Lipinski definition) is 0. The van der Waals surface area contributed by atoms with Crippen molar-refractivity contribution in [1.29, 1.82) is 0 Å². The minimum absolute atomic E-state index is 0.261. The Kier molecular flexibility index (Phi) is 6.95. The third-order valence-electron chi connectivity index (χ3n) is 5.13. The van der Waals surface area contributed by atoms with Gasteiger partial charge in [-0.1, -0.05) is 41.9 Å². The molecule has 2 aliphatic heterocycles. The largest absolute Gasteiger partial charge is 0.332 e. The second kappa shape index (κ2) is 8.98. The van der Waals surface area contributed by atoms with Crippen molar-refractivity contribution in [3.63, 3.8) is 0 Å². The number of rotatable bonds is 6. The highest BCUT2D eigenvalue weighted by atomic mass is 35.5. The summed E-state index contributed by atoms with van der Waals surface area (Å²) in [4.78, 5) is 16.5. The Bertz CT molecular complexity index is 605. The van der Waals surface area contributed by atoms with Gasteiger partial charge in [-0.2, -0.15) is 0 Å². The maximum absolute atomic E-state index is 12.0. The Balaban J connectivity index is 1.45. The van der Waals surface area contributed by atoms with Crippen LogP contribution in [-0.4, -0.2) is 53.0 Å². The molecule has 6 heteroatoms. The molecule has 2 saturated heterocycles. The molecule has 0 saturated carbocycles. The maximum atomic E-state index is 12.0. The monoisotopic (exact) mass is 400 g/mol. The molecule has 1 amide bonds. The van der Waals surface area contributed by atoms with Crippen molar-refractivity contribution in [3.8, 4) is 0 Å². The molecule has 1 atom stereocenters. The molecule has 25 heavy (non-hydrogen) atoms. The average molecular weight is 401 g/mol. The van der Waals surface area contributed by atoms with Crippen LogP contribution in [0.5, 0.6) is 0 Å². The van der Waals surface area contributed by atoms with E-state index in [0.29, 0.717) is 11.2 Å². The third kappa shape index (κ3) is 5.29. The van der Waals surface area contributed by atoms with Crippen molar-refractivity contribution in [3.05, 3.63) is 33.8 Å². The van der Waals surface area contributed by atoms with Crippen LogP contribution in [0, 0.1) is 5.92 Å². The van der Waals surface area contributed by atoms with Gasteiger partial charge in [-0.05, 0) is 68.5 Å². The quantitative estimate of drug-likeness (QED) is 0.655. The lowest BCUT2D eigenvalue weighted by atomic mass is 9.90. The summed E-state index contributed by atoms with van der Waals surface area (Å²) in [5.74, 6) is 0.668. The van der Waals surface area contributed by atoms with E-state index in [9.17, 15) is 4.79 Å². The van der Waals surface area contributed by atoms with E-state index in [1.165, 1.54) is 30.2 Å². The molecule has 2 aliphatic rings. The Morgan fingerprint density at radius 1 is 1.24 bits per heavy atom.